The van der Waals surface area contributed by atoms with Gasteiger partial charge in [0.25, 0.3) is 0 Å². The van der Waals surface area contributed by atoms with Gasteiger partial charge < -0.3 is 4.52 Å². The summed E-state index contributed by atoms with van der Waals surface area (Å²) in [6.07, 6.45) is 3.27. The molecule has 0 saturated heterocycles. The number of rotatable bonds is 3. The van der Waals surface area contributed by atoms with E-state index >= 15 is 0 Å². The zero-order valence-corrected chi connectivity index (χ0v) is 11.7. The summed E-state index contributed by atoms with van der Waals surface area (Å²) in [5.74, 6) is -0.352. The number of carbonyl (C=O) groups is 1. The lowest BCUT2D eigenvalue weighted by molar-refractivity contribution is -0.114. The van der Waals surface area contributed by atoms with Crippen molar-refractivity contribution in [1.29, 1.82) is 0 Å². The monoisotopic (exact) mass is 297 g/mol. The molecule has 0 atom stereocenters. The minimum Gasteiger partial charge on any atom is -0.337 e. The van der Waals surface area contributed by atoms with E-state index in [9.17, 15) is 9.18 Å². The van der Waals surface area contributed by atoms with Crippen molar-refractivity contribution in [3.8, 4) is 22.4 Å². The van der Waals surface area contributed by atoms with Gasteiger partial charge in [0.1, 0.15) is 11.5 Å². The molecule has 5 nitrogen and oxygen atoms in total. The van der Waals surface area contributed by atoms with Crippen molar-refractivity contribution in [2.45, 2.75) is 6.92 Å². The molecule has 0 aliphatic carbocycles. The van der Waals surface area contributed by atoms with Gasteiger partial charge in [0.05, 0.1) is 5.56 Å². The Morgan fingerprint density at radius 1 is 1.09 bits per heavy atom. The predicted octanol–water partition coefficient (Wildman–Crippen LogP) is 3.50. The fourth-order valence-electron chi connectivity index (χ4n) is 2.13. The number of nitrogens with one attached hydrogen (secondary N) is 1. The number of benzene rings is 1. The summed E-state index contributed by atoms with van der Waals surface area (Å²) in [4.78, 5) is 15.3. The number of nitrogens with zero attached hydrogens (tertiary/aromatic N) is 2. The predicted molar refractivity (Wildman–Crippen MR) is 79.4 cm³/mol. The molecule has 0 aliphatic heterocycles. The standard InChI is InChI=1S/C16H12FN3O2/c1-10(21)19-16-14(11-6-8-18-9-7-11)15(20-22-16)12-2-4-13(17)5-3-12/h2-9H,1H3,(H,19,21). The minimum absolute atomic E-state index is 0.248. The van der Waals surface area contributed by atoms with Crippen LogP contribution in [-0.4, -0.2) is 16.0 Å². The number of anilines is 1. The molecule has 0 unspecified atom stereocenters. The van der Waals surface area contributed by atoms with Crippen molar-refractivity contribution in [2.75, 3.05) is 5.32 Å². The lowest BCUT2D eigenvalue weighted by Crippen LogP contribution is -2.05. The van der Waals surface area contributed by atoms with E-state index in [4.69, 9.17) is 4.52 Å². The van der Waals surface area contributed by atoms with Crippen molar-refractivity contribution >= 4 is 11.8 Å². The van der Waals surface area contributed by atoms with Gasteiger partial charge in [-0.2, -0.15) is 0 Å². The van der Waals surface area contributed by atoms with Crippen molar-refractivity contribution in [1.82, 2.24) is 10.1 Å². The summed E-state index contributed by atoms with van der Waals surface area (Å²) in [5.41, 5.74) is 2.63. The number of halogens is 1. The highest BCUT2D eigenvalue weighted by molar-refractivity contribution is 5.96. The zero-order chi connectivity index (χ0) is 15.5. The molecule has 2 aromatic heterocycles. The first kappa shape index (κ1) is 13.9. The van der Waals surface area contributed by atoms with E-state index in [1.54, 1.807) is 36.7 Å². The fourth-order valence-corrected chi connectivity index (χ4v) is 2.13. The Kier molecular flexibility index (Phi) is 3.65. The Hall–Kier alpha value is -3.02. The third-order valence-corrected chi connectivity index (χ3v) is 3.07. The molecule has 0 saturated carbocycles. The van der Waals surface area contributed by atoms with Crippen LogP contribution in [0.1, 0.15) is 6.92 Å². The van der Waals surface area contributed by atoms with Crippen LogP contribution in [0, 0.1) is 5.82 Å². The topological polar surface area (TPSA) is 68.0 Å². The molecule has 0 bridgehead atoms. The highest BCUT2D eigenvalue weighted by atomic mass is 19.1. The Bertz CT molecular complexity index is 798. The third kappa shape index (κ3) is 2.71. The normalized spacial score (nSPS) is 10.5. The Labute approximate surface area is 125 Å². The number of aromatic nitrogens is 2. The summed E-state index contributed by atoms with van der Waals surface area (Å²) in [6.45, 7) is 1.39. The average molecular weight is 297 g/mol. The highest BCUT2D eigenvalue weighted by Crippen LogP contribution is 2.37. The largest absolute Gasteiger partial charge is 0.337 e. The lowest BCUT2D eigenvalue weighted by atomic mass is 10.0. The molecule has 0 spiro atoms. The summed E-state index contributed by atoms with van der Waals surface area (Å²) in [5, 5.41) is 6.62. The van der Waals surface area contributed by atoms with Crippen LogP contribution in [0.25, 0.3) is 22.4 Å². The van der Waals surface area contributed by atoms with Gasteiger partial charge in [-0.15, -0.1) is 0 Å². The van der Waals surface area contributed by atoms with Gasteiger partial charge in [0.2, 0.25) is 11.8 Å². The summed E-state index contributed by atoms with van der Waals surface area (Å²) in [7, 11) is 0. The number of pyridine rings is 1. The van der Waals surface area contributed by atoms with Crippen molar-refractivity contribution < 1.29 is 13.7 Å². The van der Waals surface area contributed by atoms with Crippen LogP contribution in [0.4, 0.5) is 10.3 Å². The van der Waals surface area contributed by atoms with Crippen LogP contribution in [-0.2, 0) is 4.79 Å². The van der Waals surface area contributed by atoms with Gasteiger partial charge in [0.15, 0.2) is 0 Å². The van der Waals surface area contributed by atoms with Crippen LogP contribution in [0.15, 0.2) is 53.3 Å². The Morgan fingerprint density at radius 3 is 2.41 bits per heavy atom. The smallest absolute Gasteiger partial charge is 0.239 e. The van der Waals surface area contributed by atoms with Gasteiger partial charge in [0, 0.05) is 24.9 Å². The molecular formula is C16H12FN3O2. The van der Waals surface area contributed by atoms with E-state index in [0.717, 1.165) is 5.56 Å². The molecule has 0 aliphatic rings. The zero-order valence-electron chi connectivity index (χ0n) is 11.7. The second-order valence-electron chi connectivity index (χ2n) is 4.66. The van der Waals surface area contributed by atoms with Gasteiger partial charge in [-0.05, 0) is 42.0 Å². The van der Waals surface area contributed by atoms with Gasteiger partial charge in [-0.3, -0.25) is 15.1 Å². The first-order chi connectivity index (χ1) is 10.6. The number of amides is 1. The molecule has 6 heteroatoms. The van der Waals surface area contributed by atoms with E-state index in [2.05, 4.69) is 15.5 Å². The summed E-state index contributed by atoms with van der Waals surface area (Å²) in [6, 6.07) is 9.47. The lowest BCUT2D eigenvalue weighted by Gasteiger charge is -2.04. The molecule has 22 heavy (non-hydrogen) atoms. The molecule has 3 aromatic rings. The molecule has 110 valence electrons. The quantitative estimate of drug-likeness (QED) is 0.803. The van der Waals surface area contributed by atoms with Crippen molar-refractivity contribution in [3.63, 3.8) is 0 Å². The van der Waals surface area contributed by atoms with Crippen LogP contribution in [0.5, 0.6) is 0 Å². The molecule has 3 rings (SSSR count). The van der Waals surface area contributed by atoms with E-state index in [-0.39, 0.29) is 17.6 Å². The first-order valence-electron chi connectivity index (χ1n) is 6.59. The minimum atomic E-state index is -0.334. The molecular weight excluding hydrogens is 285 g/mol. The second kappa shape index (κ2) is 5.77. The van der Waals surface area contributed by atoms with Crippen molar-refractivity contribution in [2.24, 2.45) is 0 Å². The highest BCUT2D eigenvalue weighted by Gasteiger charge is 2.20. The Balaban J connectivity index is 2.16. The van der Waals surface area contributed by atoms with Crippen molar-refractivity contribution in [3.05, 3.63) is 54.6 Å². The van der Waals surface area contributed by atoms with Crippen LogP contribution in [0.2, 0.25) is 0 Å². The molecule has 2 heterocycles. The van der Waals surface area contributed by atoms with Crippen LogP contribution >= 0.6 is 0 Å². The van der Waals surface area contributed by atoms with Crippen LogP contribution in [0.3, 0.4) is 0 Å². The first-order valence-corrected chi connectivity index (χ1v) is 6.59. The summed E-state index contributed by atoms with van der Waals surface area (Å²) >= 11 is 0. The second-order valence-corrected chi connectivity index (χ2v) is 4.66. The summed E-state index contributed by atoms with van der Waals surface area (Å²) < 4.78 is 18.3. The van der Waals surface area contributed by atoms with Gasteiger partial charge in [-0.25, -0.2) is 4.39 Å². The maximum absolute atomic E-state index is 13.1. The number of hydrogen-bond acceptors (Lipinski definition) is 4. The fraction of sp³-hybridized carbons (Fsp3) is 0.0625. The number of carbonyl (C=O) groups excluding carboxylic acids is 1. The van der Waals surface area contributed by atoms with Crippen LogP contribution < -0.4 is 5.32 Å². The Morgan fingerprint density at radius 2 is 1.77 bits per heavy atom. The number of hydrogen-bond donors (Lipinski definition) is 1. The molecule has 1 amide bonds. The SMILES string of the molecule is CC(=O)Nc1onc(-c2ccc(F)cc2)c1-c1ccncc1. The van der Waals surface area contributed by atoms with Gasteiger partial charge in [-0.1, -0.05) is 5.16 Å². The van der Waals surface area contributed by atoms with Gasteiger partial charge >= 0.3 is 0 Å². The molecule has 1 aromatic carbocycles. The maximum atomic E-state index is 13.1. The molecule has 0 radical (unpaired) electrons. The van der Waals surface area contributed by atoms with E-state index < -0.39 is 0 Å². The van der Waals surface area contributed by atoms with E-state index in [1.807, 2.05) is 0 Å². The molecule has 0 fully saturated rings. The molecule has 1 N–H and O–H groups in total. The van der Waals surface area contributed by atoms with E-state index in [0.29, 0.717) is 16.8 Å². The maximum Gasteiger partial charge on any atom is 0.239 e. The average Bonchev–Trinajstić information content (AvgIpc) is 2.91. The van der Waals surface area contributed by atoms with E-state index in [1.165, 1.54) is 19.1 Å². The third-order valence-electron chi connectivity index (χ3n) is 3.07.